The molecule has 0 aliphatic heterocycles. The van der Waals surface area contributed by atoms with Crippen LogP contribution in [0.5, 0.6) is 0 Å². The first-order valence-corrected chi connectivity index (χ1v) is 8.19. The van der Waals surface area contributed by atoms with Crippen LogP contribution in [0.1, 0.15) is 24.5 Å². The second-order valence-electron chi connectivity index (χ2n) is 4.76. The molecule has 21 heavy (non-hydrogen) atoms. The summed E-state index contributed by atoms with van der Waals surface area (Å²) in [7, 11) is 1.67. The number of halogens is 1. The summed E-state index contributed by atoms with van der Waals surface area (Å²) in [6.07, 6.45) is 1.15. The molecule has 0 fully saturated rings. The topological polar surface area (TPSA) is 39.7 Å². The van der Waals surface area contributed by atoms with Gasteiger partial charge in [0.2, 0.25) is 0 Å². The van der Waals surface area contributed by atoms with E-state index in [9.17, 15) is 0 Å². The molecule has 0 aliphatic carbocycles. The molecular weight excluding hydrogens is 334 g/mol. The molecule has 1 aromatic carbocycles. The van der Waals surface area contributed by atoms with Gasteiger partial charge in [0.25, 0.3) is 0 Å². The lowest BCUT2D eigenvalue weighted by Gasteiger charge is -2.09. The SMILES string of the molecule is CCCNCc1ccc(COCCOCCOC)c(Br)c1. The molecule has 0 saturated carbocycles. The van der Waals surface area contributed by atoms with E-state index in [2.05, 4.69) is 46.4 Å². The lowest BCUT2D eigenvalue weighted by Crippen LogP contribution is -2.13. The van der Waals surface area contributed by atoms with E-state index in [0.29, 0.717) is 33.0 Å². The van der Waals surface area contributed by atoms with Gasteiger partial charge in [-0.3, -0.25) is 0 Å². The van der Waals surface area contributed by atoms with Crippen LogP contribution in [0.15, 0.2) is 22.7 Å². The minimum atomic E-state index is 0.593. The molecule has 4 nitrogen and oxygen atoms in total. The predicted octanol–water partition coefficient (Wildman–Crippen LogP) is 3.13. The molecule has 1 rings (SSSR count). The van der Waals surface area contributed by atoms with Crippen molar-refractivity contribution in [2.75, 3.05) is 40.1 Å². The molecule has 0 radical (unpaired) electrons. The molecule has 0 unspecified atom stereocenters. The molecule has 0 saturated heterocycles. The van der Waals surface area contributed by atoms with Crippen LogP contribution in [0.2, 0.25) is 0 Å². The van der Waals surface area contributed by atoms with Gasteiger partial charge in [0, 0.05) is 18.1 Å². The molecule has 0 aromatic heterocycles. The summed E-state index contributed by atoms with van der Waals surface area (Å²) in [4.78, 5) is 0. The minimum absolute atomic E-state index is 0.593. The highest BCUT2D eigenvalue weighted by atomic mass is 79.9. The third-order valence-corrected chi connectivity index (χ3v) is 3.67. The van der Waals surface area contributed by atoms with Crippen molar-refractivity contribution in [2.24, 2.45) is 0 Å². The Bertz CT molecular complexity index is 388. The lowest BCUT2D eigenvalue weighted by molar-refractivity contribution is 0.0198. The highest BCUT2D eigenvalue weighted by molar-refractivity contribution is 9.10. The van der Waals surface area contributed by atoms with Crippen LogP contribution in [0, 0.1) is 0 Å². The average Bonchev–Trinajstić information content (AvgIpc) is 2.48. The van der Waals surface area contributed by atoms with Gasteiger partial charge < -0.3 is 19.5 Å². The molecule has 120 valence electrons. The summed E-state index contributed by atoms with van der Waals surface area (Å²) >= 11 is 3.60. The molecule has 0 amide bonds. The lowest BCUT2D eigenvalue weighted by atomic mass is 10.1. The second kappa shape index (κ2) is 12.1. The molecule has 5 heteroatoms. The normalized spacial score (nSPS) is 11.0. The van der Waals surface area contributed by atoms with Gasteiger partial charge in [-0.05, 0) is 30.2 Å². The van der Waals surface area contributed by atoms with Crippen molar-refractivity contribution >= 4 is 15.9 Å². The smallest absolute Gasteiger partial charge is 0.0728 e. The van der Waals surface area contributed by atoms with Crippen molar-refractivity contribution < 1.29 is 14.2 Å². The Balaban J connectivity index is 2.22. The summed E-state index contributed by atoms with van der Waals surface area (Å²) in [5.41, 5.74) is 2.44. The van der Waals surface area contributed by atoms with E-state index >= 15 is 0 Å². The summed E-state index contributed by atoms with van der Waals surface area (Å²) in [6, 6.07) is 6.40. The first kappa shape index (κ1) is 18.6. The molecule has 0 heterocycles. The Morgan fingerprint density at radius 3 is 2.57 bits per heavy atom. The van der Waals surface area contributed by atoms with Crippen molar-refractivity contribution in [3.8, 4) is 0 Å². The molecule has 0 bridgehead atoms. The molecule has 1 N–H and O–H groups in total. The fraction of sp³-hybridized carbons (Fsp3) is 0.625. The van der Waals surface area contributed by atoms with E-state index in [-0.39, 0.29) is 0 Å². The van der Waals surface area contributed by atoms with Crippen LogP contribution in [0.25, 0.3) is 0 Å². The largest absolute Gasteiger partial charge is 0.382 e. The highest BCUT2D eigenvalue weighted by Gasteiger charge is 2.02. The number of rotatable bonds is 12. The summed E-state index contributed by atoms with van der Waals surface area (Å²) in [6.45, 7) is 7.14. The van der Waals surface area contributed by atoms with Crippen molar-refractivity contribution in [1.82, 2.24) is 5.32 Å². The number of methoxy groups -OCH3 is 1. The van der Waals surface area contributed by atoms with E-state index in [1.807, 2.05) is 0 Å². The molecule has 0 spiro atoms. The van der Waals surface area contributed by atoms with Crippen LogP contribution < -0.4 is 5.32 Å². The quantitative estimate of drug-likeness (QED) is 0.582. The van der Waals surface area contributed by atoms with Crippen molar-refractivity contribution in [1.29, 1.82) is 0 Å². The minimum Gasteiger partial charge on any atom is -0.382 e. The fourth-order valence-corrected chi connectivity index (χ4v) is 2.31. The van der Waals surface area contributed by atoms with Crippen molar-refractivity contribution in [3.63, 3.8) is 0 Å². The van der Waals surface area contributed by atoms with Gasteiger partial charge in [-0.15, -0.1) is 0 Å². The van der Waals surface area contributed by atoms with Gasteiger partial charge in [-0.25, -0.2) is 0 Å². The van der Waals surface area contributed by atoms with Crippen LogP contribution in [-0.4, -0.2) is 40.1 Å². The van der Waals surface area contributed by atoms with E-state index in [1.165, 1.54) is 5.56 Å². The fourth-order valence-electron chi connectivity index (χ4n) is 1.77. The third-order valence-electron chi connectivity index (χ3n) is 2.93. The molecular formula is C16H26BrNO3. The number of benzene rings is 1. The van der Waals surface area contributed by atoms with E-state index in [4.69, 9.17) is 14.2 Å². The van der Waals surface area contributed by atoms with Gasteiger partial charge in [0.15, 0.2) is 0 Å². The highest BCUT2D eigenvalue weighted by Crippen LogP contribution is 2.19. The van der Waals surface area contributed by atoms with Crippen LogP contribution in [0.4, 0.5) is 0 Å². The van der Waals surface area contributed by atoms with Gasteiger partial charge in [-0.2, -0.15) is 0 Å². The first-order chi connectivity index (χ1) is 10.3. The van der Waals surface area contributed by atoms with E-state index in [1.54, 1.807) is 7.11 Å². The Kier molecular flexibility index (Phi) is 10.7. The maximum atomic E-state index is 5.61. The van der Waals surface area contributed by atoms with Crippen LogP contribution in [-0.2, 0) is 27.4 Å². The molecule has 1 aromatic rings. The zero-order valence-corrected chi connectivity index (χ0v) is 14.6. The zero-order chi connectivity index (χ0) is 15.3. The monoisotopic (exact) mass is 359 g/mol. The number of ether oxygens (including phenoxy) is 3. The van der Waals surface area contributed by atoms with Gasteiger partial charge in [0.05, 0.1) is 33.0 Å². The number of hydrogen-bond acceptors (Lipinski definition) is 4. The van der Waals surface area contributed by atoms with Gasteiger partial charge >= 0.3 is 0 Å². The second-order valence-corrected chi connectivity index (χ2v) is 5.61. The zero-order valence-electron chi connectivity index (χ0n) is 13.0. The summed E-state index contributed by atoms with van der Waals surface area (Å²) < 4.78 is 17.0. The van der Waals surface area contributed by atoms with Crippen LogP contribution in [0.3, 0.4) is 0 Å². The Morgan fingerprint density at radius 1 is 1.10 bits per heavy atom. The Hall–Kier alpha value is -0.460. The Labute approximate surface area is 136 Å². The number of nitrogens with one attached hydrogen (secondary N) is 1. The summed E-state index contributed by atoms with van der Waals surface area (Å²) in [5, 5.41) is 3.40. The predicted molar refractivity (Wildman–Crippen MR) is 88.5 cm³/mol. The summed E-state index contributed by atoms with van der Waals surface area (Å²) in [5.74, 6) is 0. The van der Waals surface area contributed by atoms with Crippen molar-refractivity contribution in [3.05, 3.63) is 33.8 Å². The van der Waals surface area contributed by atoms with E-state index in [0.717, 1.165) is 29.5 Å². The molecule has 0 atom stereocenters. The maximum Gasteiger partial charge on any atom is 0.0728 e. The van der Waals surface area contributed by atoms with Gasteiger partial charge in [0.1, 0.15) is 0 Å². The van der Waals surface area contributed by atoms with Crippen molar-refractivity contribution in [2.45, 2.75) is 26.5 Å². The Morgan fingerprint density at radius 2 is 1.86 bits per heavy atom. The molecule has 0 aliphatic rings. The number of hydrogen-bond donors (Lipinski definition) is 1. The van der Waals surface area contributed by atoms with Gasteiger partial charge in [-0.1, -0.05) is 35.0 Å². The van der Waals surface area contributed by atoms with E-state index < -0.39 is 0 Å². The van der Waals surface area contributed by atoms with Crippen LogP contribution >= 0.6 is 15.9 Å². The standard InChI is InChI=1S/C16H26BrNO3/c1-3-6-18-12-14-4-5-15(16(17)11-14)13-21-10-9-20-8-7-19-2/h4-5,11,18H,3,6-10,12-13H2,1-2H3. The average molecular weight is 360 g/mol. The maximum absolute atomic E-state index is 5.61. The first-order valence-electron chi connectivity index (χ1n) is 7.40. The third kappa shape index (κ3) is 8.53.